The number of carbonyl (C=O) groups is 1. The molecule has 0 aromatic carbocycles. The first-order chi connectivity index (χ1) is 8.88. The molecule has 0 bridgehead atoms. The van der Waals surface area contributed by atoms with Crippen molar-refractivity contribution in [1.82, 2.24) is 0 Å². The third-order valence-corrected chi connectivity index (χ3v) is 3.05. The number of rotatable bonds is 10. The summed E-state index contributed by atoms with van der Waals surface area (Å²) < 4.78 is 11.0. The van der Waals surface area contributed by atoms with Crippen LogP contribution in [0.4, 0.5) is 0 Å². The van der Waals surface area contributed by atoms with Gasteiger partial charge in [-0.2, -0.15) is 0 Å². The lowest BCUT2D eigenvalue weighted by molar-refractivity contribution is -0.163. The van der Waals surface area contributed by atoms with Crippen molar-refractivity contribution in [2.45, 2.75) is 60.8 Å². The first-order valence-corrected chi connectivity index (χ1v) is 7.63. The summed E-state index contributed by atoms with van der Waals surface area (Å²) in [4.78, 5) is 12.5. The van der Waals surface area contributed by atoms with Crippen LogP contribution >= 0.6 is 0 Å². The maximum atomic E-state index is 12.5. The average Bonchev–Trinajstić information content (AvgIpc) is 2.31. The first kappa shape index (κ1) is 18.4. The van der Waals surface area contributed by atoms with E-state index in [4.69, 9.17) is 9.47 Å². The molecule has 0 aliphatic rings. The largest absolute Gasteiger partial charge is 0.465 e. The molecule has 0 amide bonds. The Morgan fingerprint density at radius 2 is 1.58 bits per heavy atom. The SMILES string of the molecule is CCCOC(=O)C(COCC)(CC(C)C)CC(C)C. The van der Waals surface area contributed by atoms with Crippen LogP contribution in [0.5, 0.6) is 0 Å². The third-order valence-electron chi connectivity index (χ3n) is 3.05. The molecular formula is C16H32O3. The number of esters is 1. The summed E-state index contributed by atoms with van der Waals surface area (Å²) in [5, 5.41) is 0. The van der Waals surface area contributed by atoms with Crippen molar-refractivity contribution in [1.29, 1.82) is 0 Å². The van der Waals surface area contributed by atoms with Gasteiger partial charge in [0.15, 0.2) is 0 Å². The molecule has 0 aromatic heterocycles. The van der Waals surface area contributed by atoms with Crippen molar-refractivity contribution in [3.63, 3.8) is 0 Å². The maximum absolute atomic E-state index is 12.5. The minimum Gasteiger partial charge on any atom is -0.465 e. The molecule has 0 spiro atoms. The van der Waals surface area contributed by atoms with E-state index in [1.165, 1.54) is 0 Å². The van der Waals surface area contributed by atoms with Crippen molar-refractivity contribution in [3.05, 3.63) is 0 Å². The normalized spacial score (nSPS) is 12.2. The van der Waals surface area contributed by atoms with Crippen molar-refractivity contribution in [3.8, 4) is 0 Å². The molecule has 3 nitrogen and oxygen atoms in total. The van der Waals surface area contributed by atoms with Gasteiger partial charge in [0.2, 0.25) is 0 Å². The van der Waals surface area contributed by atoms with E-state index in [9.17, 15) is 4.79 Å². The predicted molar refractivity (Wildman–Crippen MR) is 79.1 cm³/mol. The molecule has 0 heterocycles. The van der Waals surface area contributed by atoms with Gasteiger partial charge in [-0.3, -0.25) is 4.79 Å². The van der Waals surface area contributed by atoms with Crippen LogP contribution in [0, 0.1) is 17.3 Å². The summed E-state index contributed by atoms with van der Waals surface area (Å²) in [7, 11) is 0. The molecular weight excluding hydrogens is 240 g/mol. The van der Waals surface area contributed by atoms with Crippen LogP contribution in [0.25, 0.3) is 0 Å². The molecule has 0 saturated heterocycles. The van der Waals surface area contributed by atoms with Gasteiger partial charge in [-0.1, -0.05) is 34.6 Å². The van der Waals surface area contributed by atoms with Gasteiger partial charge in [-0.15, -0.1) is 0 Å². The zero-order chi connectivity index (χ0) is 14.9. The smallest absolute Gasteiger partial charge is 0.314 e. The summed E-state index contributed by atoms with van der Waals surface area (Å²) in [6.45, 7) is 14.2. The molecule has 0 saturated carbocycles. The zero-order valence-corrected chi connectivity index (χ0v) is 13.6. The van der Waals surface area contributed by atoms with Crippen LogP contribution in [0.1, 0.15) is 60.8 Å². The summed E-state index contributed by atoms with van der Waals surface area (Å²) in [6, 6.07) is 0. The fourth-order valence-electron chi connectivity index (χ4n) is 2.64. The number of hydrogen-bond acceptors (Lipinski definition) is 3. The second-order valence-corrected chi connectivity index (χ2v) is 6.25. The lowest BCUT2D eigenvalue weighted by Crippen LogP contribution is -2.40. The van der Waals surface area contributed by atoms with Gasteiger partial charge in [-0.05, 0) is 38.0 Å². The van der Waals surface area contributed by atoms with Crippen LogP contribution in [0.15, 0.2) is 0 Å². The fourth-order valence-corrected chi connectivity index (χ4v) is 2.64. The van der Waals surface area contributed by atoms with E-state index in [-0.39, 0.29) is 5.97 Å². The van der Waals surface area contributed by atoms with Crippen molar-refractivity contribution >= 4 is 5.97 Å². The molecule has 19 heavy (non-hydrogen) atoms. The highest BCUT2D eigenvalue weighted by Gasteiger charge is 2.41. The van der Waals surface area contributed by atoms with Gasteiger partial charge >= 0.3 is 5.97 Å². The summed E-state index contributed by atoms with van der Waals surface area (Å²) >= 11 is 0. The van der Waals surface area contributed by atoms with E-state index in [1.54, 1.807) is 0 Å². The molecule has 0 rings (SSSR count). The minimum atomic E-state index is -0.479. The quantitative estimate of drug-likeness (QED) is 0.563. The number of ether oxygens (including phenoxy) is 2. The topological polar surface area (TPSA) is 35.5 Å². The highest BCUT2D eigenvalue weighted by Crippen LogP contribution is 2.35. The molecule has 0 aliphatic carbocycles. The lowest BCUT2D eigenvalue weighted by Gasteiger charge is -2.34. The summed E-state index contributed by atoms with van der Waals surface area (Å²) in [6.07, 6.45) is 2.52. The molecule has 0 aliphatic heterocycles. The molecule has 0 fully saturated rings. The zero-order valence-electron chi connectivity index (χ0n) is 13.6. The Morgan fingerprint density at radius 1 is 1.05 bits per heavy atom. The van der Waals surface area contributed by atoms with Crippen molar-refractivity contribution in [2.24, 2.45) is 17.3 Å². The van der Waals surface area contributed by atoms with Crippen molar-refractivity contribution in [2.75, 3.05) is 19.8 Å². The number of carbonyl (C=O) groups excluding carboxylic acids is 1. The lowest BCUT2D eigenvalue weighted by atomic mass is 9.74. The highest BCUT2D eigenvalue weighted by molar-refractivity contribution is 5.77. The molecule has 0 unspecified atom stereocenters. The standard InChI is InChI=1S/C16H32O3/c1-7-9-19-15(17)16(10-13(3)4,11-14(5)6)12-18-8-2/h13-14H,7-12H2,1-6H3. The third kappa shape index (κ3) is 6.95. The van der Waals surface area contributed by atoms with E-state index < -0.39 is 5.41 Å². The molecule has 0 radical (unpaired) electrons. The fraction of sp³-hybridized carbons (Fsp3) is 0.938. The Morgan fingerprint density at radius 3 is 1.95 bits per heavy atom. The van der Waals surface area contributed by atoms with E-state index in [0.29, 0.717) is 31.7 Å². The number of hydrogen-bond donors (Lipinski definition) is 0. The van der Waals surface area contributed by atoms with E-state index >= 15 is 0 Å². The highest BCUT2D eigenvalue weighted by atomic mass is 16.5. The van der Waals surface area contributed by atoms with Crippen LogP contribution in [-0.2, 0) is 14.3 Å². The molecule has 114 valence electrons. The van der Waals surface area contributed by atoms with Gasteiger partial charge in [-0.25, -0.2) is 0 Å². The predicted octanol–water partition coefficient (Wildman–Crippen LogP) is 4.05. The van der Waals surface area contributed by atoms with Gasteiger partial charge in [0.25, 0.3) is 0 Å². The minimum absolute atomic E-state index is 0.0785. The Kier molecular flexibility index (Phi) is 9.07. The van der Waals surface area contributed by atoms with Gasteiger partial charge in [0.05, 0.1) is 18.6 Å². The first-order valence-electron chi connectivity index (χ1n) is 7.63. The van der Waals surface area contributed by atoms with Crippen LogP contribution in [0.3, 0.4) is 0 Å². The summed E-state index contributed by atoms with van der Waals surface area (Å²) in [5.74, 6) is 0.826. The molecule has 0 N–H and O–H groups in total. The Balaban J connectivity index is 5.02. The van der Waals surface area contributed by atoms with Crippen LogP contribution in [0.2, 0.25) is 0 Å². The van der Waals surface area contributed by atoms with Crippen LogP contribution in [-0.4, -0.2) is 25.8 Å². The van der Waals surface area contributed by atoms with Gasteiger partial charge in [0, 0.05) is 6.61 Å². The average molecular weight is 272 g/mol. The molecule has 3 heteroatoms. The summed E-state index contributed by atoms with van der Waals surface area (Å²) in [5.41, 5.74) is -0.479. The molecule has 0 aromatic rings. The second-order valence-electron chi connectivity index (χ2n) is 6.25. The van der Waals surface area contributed by atoms with Gasteiger partial charge in [0.1, 0.15) is 0 Å². The maximum Gasteiger partial charge on any atom is 0.314 e. The van der Waals surface area contributed by atoms with Gasteiger partial charge < -0.3 is 9.47 Å². The van der Waals surface area contributed by atoms with Crippen LogP contribution < -0.4 is 0 Å². The Hall–Kier alpha value is -0.570. The Bertz CT molecular complexity index is 236. The van der Waals surface area contributed by atoms with E-state index in [0.717, 1.165) is 19.3 Å². The Labute approximate surface area is 119 Å². The van der Waals surface area contributed by atoms with E-state index in [1.807, 2.05) is 13.8 Å². The second kappa shape index (κ2) is 9.35. The monoisotopic (exact) mass is 272 g/mol. The van der Waals surface area contributed by atoms with E-state index in [2.05, 4.69) is 27.7 Å². The molecule has 0 atom stereocenters. The van der Waals surface area contributed by atoms with Crippen molar-refractivity contribution < 1.29 is 14.3 Å².